The molecule has 1 rings (SSSR count). The van der Waals surface area contributed by atoms with Crippen LogP contribution in [0.25, 0.3) is 0 Å². The van der Waals surface area contributed by atoms with E-state index in [1.807, 2.05) is 0 Å². The van der Waals surface area contributed by atoms with Crippen molar-refractivity contribution < 1.29 is 18.4 Å². The average molecular weight is 284 g/mol. The van der Waals surface area contributed by atoms with Crippen molar-refractivity contribution >= 4 is 17.5 Å². The molecular weight excluding hydrogens is 266 g/mol. The van der Waals surface area contributed by atoms with Crippen LogP contribution in [-0.2, 0) is 9.59 Å². The van der Waals surface area contributed by atoms with Crippen molar-refractivity contribution in [1.29, 1.82) is 0 Å². The Hall–Kier alpha value is -1.98. The van der Waals surface area contributed by atoms with Crippen LogP contribution in [0.5, 0.6) is 0 Å². The van der Waals surface area contributed by atoms with E-state index in [2.05, 4.69) is 10.6 Å². The minimum atomic E-state index is -0.868. The number of rotatable bonds is 3. The summed E-state index contributed by atoms with van der Waals surface area (Å²) in [6.45, 7) is 6.63. The number of hydrogen-bond donors (Lipinski definition) is 2. The van der Waals surface area contributed by atoms with Crippen LogP contribution < -0.4 is 10.6 Å². The van der Waals surface area contributed by atoms with E-state index in [-0.39, 0.29) is 11.6 Å². The van der Waals surface area contributed by atoms with E-state index in [0.717, 1.165) is 12.1 Å². The molecule has 4 nitrogen and oxygen atoms in total. The summed E-state index contributed by atoms with van der Waals surface area (Å²) in [6, 6.07) is 2.01. The van der Waals surface area contributed by atoms with Crippen molar-refractivity contribution in [1.82, 2.24) is 5.32 Å². The van der Waals surface area contributed by atoms with Crippen LogP contribution in [0.2, 0.25) is 0 Å². The lowest BCUT2D eigenvalue weighted by Gasteiger charge is -2.21. The zero-order valence-corrected chi connectivity index (χ0v) is 11.9. The van der Waals surface area contributed by atoms with Crippen molar-refractivity contribution in [3.05, 3.63) is 29.8 Å². The van der Waals surface area contributed by atoms with Gasteiger partial charge in [0.25, 0.3) is 0 Å². The zero-order valence-electron chi connectivity index (χ0n) is 11.9. The number of benzene rings is 1. The van der Waals surface area contributed by atoms with Crippen LogP contribution in [0.3, 0.4) is 0 Å². The molecule has 0 fully saturated rings. The highest BCUT2D eigenvalue weighted by Crippen LogP contribution is 2.16. The molecule has 0 aromatic heterocycles. The fraction of sp³-hybridized carbons (Fsp3) is 0.429. The molecular formula is C14H18F2N2O2. The van der Waals surface area contributed by atoms with E-state index >= 15 is 0 Å². The lowest BCUT2D eigenvalue weighted by atomic mass is 9.95. The molecule has 6 heteroatoms. The quantitative estimate of drug-likeness (QED) is 0.895. The molecule has 2 amide bonds. The fourth-order valence-electron chi connectivity index (χ4n) is 1.31. The van der Waals surface area contributed by atoms with E-state index in [1.54, 1.807) is 20.8 Å². The Balaban J connectivity index is 2.69. The molecule has 1 atom stereocenters. The molecule has 0 radical (unpaired) electrons. The van der Waals surface area contributed by atoms with Crippen molar-refractivity contribution in [3.63, 3.8) is 0 Å². The highest BCUT2D eigenvalue weighted by molar-refractivity contribution is 5.97. The molecule has 0 aliphatic heterocycles. The number of halogens is 2. The summed E-state index contributed by atoms with van der Waals surface area (Å²) in [4.78, 5) is 23.6. The molecule has 20 heavy (non-hydrogen) atoms. The molecule has 1 aromatic rings. The van der Waals surface area contributed by atoms with Gasteiger partial charge >= 0.3 is 0 Å². The Labute approximate surface area is 116 Å². The van der Waals surface area contributed by atoms with Crippen LogP contribution in [0.15, 0.2) is 18.2 Å². The van der Waals surface area contributed by atoms with E-state index < -0.39 is 29.0 Å². The third-order valence-electron chi connectivity index (χ3n) is 2.61. The lowest BCUT2D eigenvalue weighted by molar-refractivity contribution is -0.131. The molecule has 0 saturated heterocycles. The molecule has 110 valence electrons. The average Bonchev–Trinajstić information content (AvgIpc) is 2.31. The van der Waals surface area contributed by atoms with Gasteiger partial charge in [-0.1, -0.05) is 20.8 Å². The standard InChI is InChI=1S/C14H18F2N2O2/c1-8(17-13(20)14(2,3)4)12(19)18-11-6-5-9(15)7-10(11)16/h5-8H,1-4H3,(H,17,20)(H,18,19). The summed E-state index contributed by atoms with van der Waals surface area (Å²) in [7, 11) is 0. The number of hydrogen-bond acceptors (Lipinski definition) is 2. The van der Waals surface area contributed by atoms with E-state index in [9.17, 15) is 18.4 Å². The Morgan fingerprint density at radius 3 is 2.30 bits per heavy atom. The second kappa shape index (κ2) is 5.98. The van der Waals surface area contributed by atoms with E-state index in [4.69, 9.17) is 0 Å². The van der Waals surface area contributed by atoms with Crippen LogP contribution in [0.4, 0.5) is 14.5 Å². The largest absolute Gasteiger partial charge is 0.344 e. The third kappa shape index (κ3) is 4.29. The number of nitrogens with one attached hydrogen (secondary N) is 2. The van der Waals surface area contributed by atoms with Crippen LogP contribution in [-0.4, -0.2) is 17.9 Å². The third-order valence-corrected chi connectivity index (χ3v) is 2.61. The second-order valence-electron chi connectivity index (χ2n) is 5.56. The smallest absolute Gasteiger partial charge is 0.246 e. The van der Waals surface area contributed by atoms with Gasteiger partial charge in [-0.25, -0.2) is 8.78 Å². The Bertz CT molecular complexity index is 524. The van der Waals surface area contributed by atoms with Gasteiger partial charge < -0.3 is 10.6 Å². The lowest BCUT2D eigenvalue weighted by Crippen LogP contribution is -2.46. The monoisotopic (exact) mass is 284 g/mol. The molecule has 1 aromatic carbocycles. The summed E-state index contributed by atoms with van der Waals surface area (Å²) in [5, 5.41) is 4.82. The van der Waals surface area contributed by atoms with Crippen LogP contribution in [0, 0.1) is 17.0 Å². The van der Waals surface area contributed by atoms with Crippen molar-refractivity contribution in [2.45, 2.75) is 33.7 Å². The SMILES string of the molecule is CC(NC(=O)C(C)(C)C)C(=O)Nc1ccc(F)cc1F. The molecule has 0 aliphatic rings. The topological polar surface area (TPSA) is 58.2 Å². The summed E-state index contributed by atoms with van der Waals surface area (Å²) >= 11 is 0. The first-order valence-electron chi connectivity index (χ1n) is 6.18. The van der Waals surface area contributed by atoms with E-state index in [0.29, 0.717) is 6.07 Å². The first kappa shape index (κ1) is 16.1. The summed E-state index contributed by atoms with van der Waals surface area (Å²) in [6.07, 6.45) is 0. The predicted molar refractivity (Wildman–Crippen MR) is 72.0 cm³/mol. The van der Waals surface area contributed by atoms with Crippen LogP contribution in [0.1, 0.15) is 27.7 Å². The Morgan fingerprint density at radius 1 is 1.20 bits per heavy atom. The fourth-order valence-corrected chi connectivity index (χ4v) is 1.31. The molecule has 0 heterocycles. The molecule has 0 spiro atoms. The van der Waals surface area contributed by atoms with Crippen molar-refractivity contribution in [3.8, 4) is 0 Å². The van der Waals surface area contributed by atoms with Gasteiger partial charge in [0.05, 0.1) is 5.69 Å². The first-order chi connectivity index (χ1) is 9.11. The van der Waals surface area contributed by atoms with Crippen molar-refractivity contribution in [2.24, 2.45) is 5.41 Å². The molecule has 0 saturated carbocycles. The second-order valence-corrected chi connectivity index (χ2v) is 5.56. The molecule has 1 unspecified atom stereocenters. The Kier molecular flexibility index (Phi) is 4.81. The maximum atomic E-state index is 13.4. The molecule has 2 N–H and O–H groups in total. The van der Waals surface area contributed by atoms with Gasteiger partial charge in [0.15, 0.2) is 0 Å². The number of carbonyl (C=O) groups is 2. The summed E-state index contributed by atoms with van der Waals surface area (Å²) in [5.41, 5.74) is -0.761. The van der Waals surface area contributed by atoms with Gasteiger partial charge in [0.2, 0.25) is 11.8 Å². The predicted octanol–water partition coefficient (Wildman–Crippen LogP) is 2.45. The molecule has 0 aliphatic carbocycles. The van der Waals surface area contributed by atoms with Gasteiger partial charge in [-0.15, -0.1) is 0 Å². The summed E-state index contributed by atoms with van der Waals surface area (Å²) in [5.74, 6) is -2.46. The maximum absolute atomic E-state index is 13.4. The number of anilines is 1. The molecule has 0 bridgehead atoms. The first-order valence-corrected chi connectivity index (χ1v) is 6.18. The van der Waals surface area contributed by atoms with Gasteiger partial charge in [-0.3, -0.25) is 9.59 Å². The highest BCUT2D eigenvalue weighted by atomic mass is 19.1. The highest BCUT2D eigenvalue weighted by Gasteiger charge is 2.25. The minimum Gasteiger partial charge on any atom is -0.344 e. The van der Waals surface area contributed by atoms with Gasteiger partial charge in [-0.05, 0) is 19.1 Å². The summed E-state index contributed by atoms with van der Waals surface area (Å²) < 4.78 is 26.1. The van der Waals surface area contributed by atoms with Crippen molar-refractivity contribution in [2.75, 3.05) is 5.32 Å². The van der Waals surface area contributed by atoms with Gasteiger partial charge in [0.1, 0.15) is 17.7 Å². The minimum absolute atomic E-state index is 0.131. The van der Waals surface area contributed by atoms with Gasteiger partial charge in [-0.2, -0.15) is 0 Å². The number of carbonyl (C=O) groups excluding carboxylic acids is 2. The zero-order chi connectivity index (χ0) is 15.5. The normalized spacial score (nSPS) is 12.7. The van der Waals surface area contributed by atoms with Gasteiger partial charge in [0, 0.05) is 11.5 Å². The van der Waals surface area contributed by atoms with Crippen LogP contribution >= 0.6 is 0 Å². The van der Waals surface area contributed by atoms with E-state index in [1.165, 1.54) is 6.92 Å². The number of amides is 2. The Morgan fingerprint density at radius 2 is 1.80 bits per heavy atom. The maximum Gasteiger partial charge on any atom is 0.246 e.